The van der Waals surface area contributed by atoms with Crippen molar-refractivity contribution in [2.24, 2.45) is 0 Å². The fourth-order valence-electron chi connectivity index (χ4n) is 4.41. The summed E-state index contributed by atoms with van der Waals surface area (Å²) in [6.07, 6.45) is 1.61. The number of amides is 1. The lowest BCUT2D eigenvalue weighted by Crippen LogP contribution is -2.47. The van der Waals surface area contributed by atoms with Gasteiger partial charge in [0.2, 0.25) is 0 Å². The highest BCUT2D eigenvalue weighted by molar-refractivity contribution is 7.20. The molecule has 0 N–H and O–H groups in total. The van der Waals surface area contributed by atoms with Crippen LogP contribution in [0.2, 0.25) is 0 Å². The molecule has 176 valence electrons. The highest BCUT2D eigenvalue weighted by Crippen LogP contribution is 2.27. The van der Waals surface area contributed by atoms with Crippen molar-refractivity contribution < 1.29 is 4.79 Å². The minimum atomic E-state index is -0.0924. The second-order valence-electron chi connectivity index (χ2n) is 8.87. The second kappa shape index (κ2) is 9.15. The third-order valence-electron chi connectivity index (χ3n) is 6.45. The minimum absolute atomic E-state index is 0.0736. The van der Waals surface area contributed by atoms with Crippen LogP contribution in [0.4, 0.5) is 5.82 Å². The van der Waals surface area contributed by atoms with Crippen molar-refractivity contribution in [1.29, 1.82) is 0 Å². The van der Waals surface area contributed by atoms with E-state index in [0.29, 0.717) is 21.6 Å². The number of piperazine rings is 1. The average Bonchev–Trinajstić information content (AvgIpc) is 3.20. The van der Waals surface area contributed by atoms with Crippen LogP contribution in [0.25, 0.3) is 21.1 Å². The van der Waals surface area contributed by atoms with E-state index in [4.69, 9.17) is 4.98 Å². The Labute approximate surface area is 202 Å². The lowest BCUT2D eigenvalue weighted by atomic mass is 10.2. The lowest BCUT2D eigenvalue weighted by Gasteiger charge is -2.35. The van der Waals surface area contributed by atoms with Crippen molar-refractivity contribution in [3.05, 3.63) is 63.5 Å². The molecule has 9 heteroatoms. The number of carbonyl (C=O) groups is 1. The van der Waals surface area contributed by atoms with E-state index >= 15 is 0 Å². The maximum absolute atomic E-state index is 13.1. The first-order valence-corrected chi connectivity index (χ1v) is 12.3. The zero-order valence-corrected chi connectivity index (χ0v) is 20.5. The van der Waals surface area contributed by atoms with Crippen LogP contribution in [0.1, 0.15) is 15.2 Å². The SMILES string of the molecule is Cc1c(C(=O)N(C)C)sc2ncn(CCN3CCN(c4ccc5ccccc5n4)CC3)c(=O)c12. The number of nitrogens with zero attached hydrogens (tertiary/aromatic N) is 6. The fourth-order valence-corrected chi connectivity index (χ4v) is 5.57. The molecule has 1 aliphatic heterocycles. The molecule has 4 heterocycles. The number of hydrogen-bond acceptors (Lipinski definition) is 7. The first-order valence-electron chi connectivity index (χ1n) is 11.5. The number of thiophene rings is 1. The molecule has 3 aromatic heterocycles. The number of para-hydroxylation sites is 1. The number of aryl methyl sites for hydroxylation is 1. The van der Waals surface area contributed by atoms with Gasteiger partial charge in [0.05, 0.1) is 22.1 Å². The smallest absolute Gasteiger partial charge is 0.263 e. The van der Waals surface area contributed by atoms with E-state index in [9.17, 15) is 9.59 Å². The largest absolute Gasteiger partial charge is 0.354 e. The molecule has 4 aromatic rings. The van der Waals surface area contributed by atoms with Gasteiger partial charge in [0.25, 0.3) is 11.5 Å². The van der Waals surface area contributed by atoms with Gasteiger partial charge in [-0.25, -0.2) is 9.97 Å². The van der Waals surface area contributed by atoms with E-state index in [1.165, 1.54) is 16.2 Å². The van der Waals surface area contributed by atoms with Crippen molar-refractivity contribution in [1.82, 2.24) is 24.3 Å². The van der Waals surface area contributed by atoms with Gasteiger partial charge in [-0.2, -0.15) is 0 Å². The Morgan fingerprint density at radius 2 is 1.82 bits per heavy atom. The summed E-state index contributed by atoms with van der Waals surface area (Å²) in [5.74, 6) is 0.922. The zero-order chi connectivity index (χ0) is 23.8. The number of aromatic nitrogens is 3. The Morgan fingerprint density at radius 1 is 1.06 bits per heavy atom. The van der Waals surface area contributed by atoms with E-state index < -0.39 is 0 Å². The molecule has 0 spiro atoms. The maximum Gasteiger partial charge on any atom is 0.263 e. The van der Waals surface area contributed by atoms with Crippen molar-refractivity contribution in [3.63, 3.8) is 0 Å². The summed E-state index contributed by atoms with van der Waals surface area (Å²) < 4.78 is 1.67. The third-order valence-corrected chi connectivity index (χ3v) is 7.64. The number of fused-ring (bicyclic) bond motifs is 2. The minimum Gasteiger partial charge on any atom is -0.354 e. The van der Waals surface area contributed by atoms with E-state index in [0.717, 1.165) is 55.0 Å². The molecular formula is C25H28N6O2S. The number of hydrogen-bond donors (Lipinski definition) is 0. The molecule has 0 radical (unpaired) electrons. The average molecular weight is 477 g/mol. The van der Waals surface area contributed by atoms with Crippen LogP contribution >= 0.6 is 11.3 Å². The topological polar surface area (TPSA) is 74.6 Å². The summed E-state index contributed by atoms with van der Waals surface area (Å²) in [5, 5.41) is 1.71. The van der Waals surface area contributed by atoms with Crippen molar-refractivity contribution in [2.45, 2.75) is 13.5 Å². The van der Waals surface area contributed by atoms with Gasteiger partial charge in [0.15, 0.2) is 0 Å². The Bertz CT molecular complexity index is 1420. The predicted octanol–water partition coefficient (Wildman–Crippen LogP) is 2.84. The number of carbonyl (C=O) groups excluding carboxylic acids is 1. The summed E-state index contributed by atoms with van der Waals surface area (Å²) in [5.41, 5.74) is 1.67. The highest BCUT2D eigenvalue weighted by Gasteiger charge is 2.22. The molecule has 1 aliphatic rings. The number of pyridine rings is 1. The van der Waals surface area contributed by atoms with Gasteiger partial charge < -0.3 is 9.80 Å². The van der Waals surface area contributed by atoms with Crippen LogP contribution < -0.4 is 10.5 Å². The Balaban J connectivity index is 1.24. The molecular weight excluding hydrogens is 448 g/mol. The molecule has 1 saturated heterocycles. The Hall–Kier alpha value is -3.30. The molecule has 0 atom stereocenters. The molecule has 1 amide bonds. The summed E-state index contributed by atoms with van der Waals surface area (Å²) in [6.45, 7) is 6.81. The van der Waals surface area contributed by atoms with Crippen LogP contribution in [-0.2, 0) is 6.54 Å². The standard InChI is InChI=1S/C25H28N6O2S/c1-17-21-23(34-22(17)25(33)28(2)3)26-16-31(24(21)32)15-12-29-10-13-30(14-11-29)20-9-8-18-6-4-5-7-19(18)27-20/h4-9,16H,10-15H2,1-3H3. The molecule has 1 aromatic carbocycles. The quantitative estimate of drug-likeness (QED) is 0.441. The Morgan fingerprint density at radius 3 is 2.59 bits per heavy atom. The second-order valence-corrected chi connectivity index (χ2v) is 9.87. The lowest BCUT2D eigenvalue weighted by molar-refractivity contribution is 0.0831. The van der Waals surface area contributed by atoms with Crippen molar-refractivity contribution in [2.75, 3.05) is 51.7 Å². The van der Waals surface area contributed by atoms with Crippen LogP contribution in [0.3, 0.4) is 0 Å². The molecule has 8 nitrogen and oxygen atoms in total. The molecule has 0 unspecified atom stereocenters. The van der Waals surface area contributed by atoms with Crippen LogP contribution in [-0.4, -0.2) is 77.1 Å². The van der Waals surface area contributed by atoms with Crippen molar-refractivity contribution in [3.8, 4) is 0 Å². The molecule has 34 heavy (non-hydrogen) atoms. The molecule has 0 aliphatic carbocycles. The molecule has 0 bridgehead atoms. The van der Waals surface area contributed by atoms with Gasteiger partial charge in [-0.1, -0.05) is 18.2 Å². The zero-order valence-electron chi connectivity index (χ0n) is 19.7. The maximum atomic E-state index is 13.1. The van der Waals surface area contributed by atoms with E-state index in [2.05, 4.69) is 33.0 Å². The van der Waals surface area contributed by atoms with E-state index in [1.807, 2.05) is 25.1 Å². The molecule has 0 saturated carbocycles. The van der Waals surface area contributed by atoms with Gasteiger partial charge in [-0.3, -0.25) is 19.1 Å². The van der Waals surface area contributed by atoms with Gasteiger partial charge in [0, 0.05) is 58.8 Å². The van der Waals surface area contributed by atoms with E-state index in [1.54, 1.807) is 25.0 Å². The molecule has 1 fully saturated rings. The van der Waals surface area contributed by atoms with E-state index in [-0.39, 0.29) is 11.5 Å². The number of anilines is 1. The molecule has 5 rings (SSSR count). The van der Waals surface area contributed by atoms with Gasteiger partial charge in [-0.15, -0.1) is 11.3 Å². The summed E-state index contributed by atoms with van der Waals surface area (Å²) in [4.78, 5) is 42.3. The summed E-state index contributed by atoms with van der Waals surface area (Å²) in [7, 11) is 3.43. The fraction of sp³-hybridized carbons (Fsp3) is 0.360. The van der Waals surface area contributed by atoms with Crippen LogP contribution in [0.5, 0.6) is 0 Å². The normalized spacial score (nSPS) is 14.7. The van der Waals surface area contributed by atoms with Crippen LogP contribution in [0.15, 0.2) is 47.5 Å². The summed E-state index contributed by atoms with van der Waals surface area (Å²) >= 11 is 1.29. The van der Waals surface area contributed by atoms with Crippen molar-refractivity contribution >= 4 is 44.2 Å². The predicted molar refractivity (Wildman–Crippen MR) is 137 cm³/mol. The number of benzene rings is 1. The van der Waals surface area contributed by atoms with Gasteiger partial charge in [-0.05, 0) is 30.7 Å². The van der Waals surface area contributed by atoms with Gasteiger partial charge >= 0.3 is 0 Å². The third kappa shape index (κ3) is 4.17. The monoisotopic (exact) mass is 476 g/mol. The summed E-state index contributed by atoms with van der Waals surface area (Å²) in [6, 6.07) is 12.4. The highest BCUT2D eigenvalue weighted by atomic mass is 32.1. The Kier molecular flexibility index (Phi) is 6.05. The first-order chi connectivity index (χ1) is 16.4. The van der Waals surface area contributed by atoms with Crippen LogP contribution in [0, 0.1) is 6.92 Å². The first kappa shape index (κ1) is 22.5. The van der Waals surface area contributed by atoms with Gasteiger partial charge in [0.1, 0.15) is 10.6 Å². The number of rotatable bonds is 5.